The van der Waals surface area contributed by atoms with E-state index in [-0.39, 0.29) is 18.4 Å². The van der Waals surface area contributed by atoms with E-state index in [2.05, 4.69) is 0 Å². The third-order valence-corrected chi connectivity index (χ3v) is 2.90. The monoisotopic (exact) mass is 244 g/mol. The molecule has 0 aromatic carbocycles. The van der Waals surface area contributed by atoms with E-state index < -0.39 is 11.5 Å². The molecular formula is C12H24N2O3. The van der Waals surface area contributed by atoms with Crippen LogP contribution >= 0.6 is 0 Å². The molecule has 0 aliphatic carbocycles. The Labute approximate surface area is 103 Å². The maximum atomic E-state index is 12.2. The Morgan fingerprint density at radius 2 is 1.94 bits per heavy atom. The fourth-order valence-corrected chi connectivity index (χ4v) is 1.47. The third kappa shape index (κ3) is 5.17. The lowest BCUT2D eigenvalue weighted by Gasteiger charge is -2.34. The molecule has 1 unspecified atom stereocenters. The molecule has 5 nitrogen and oxygen atoms in total. The van der Waals surface area contributed by atoms with E-state index >= 15 is 0 Å². The maximum absolute atomic E-state index is 12.2. The molecule has 0 saturated carbocycles. The summed E-state index contributed by atoms with van der Waals surface area (Å²) in [6, 6.07) is 0.0331. The summed E-state index contributed by atoms with van der Waals surface area (Å²) >= 11 is 0. The molecular weight excluding hydrogens is 220 g/mol. The standard InChI is InChI=1S/C12H24N2O3/c1-5-12(4,13)11(17)14(9(2)3)8-6-7-10(15)16/h9H,5-8,13H2,1-4H3,(H,15,16). The molecule has 5 heteroatoms. The summed E-state index contributed by atoms with van der Waals surface area (Å²) in [6.45, 7) is 7.83. The van der Waals surface area contributed by atoms with Crippen LogP contribution < -0.4 is 5.73 Å². The molecule has 0 bridgehead atoms. The largest absolute Gasteiger partial charge is 0.481 e. The van der Waals surface area contributed by atoms with Gasteiger partial charge in [-0.1, -0.05) is 6.92 Å². The van der Waals surface area contributed by atoms with Crippen molar-refractivity contribution < 1.29 is 14.7 Å². The first-order valence-electron chi connectivity index (χ1n) is 6.04. The Kier molecular flexibility index (Phi) is 6.16. The van der Waals surface area contributed by atoms with Gasteiger partial charge < -0.3 is 15.7 Å². The normalized spacial score (nSPS) is 14.5. The first kappa shape index (κ1) is 15.9. The lowest BCUT2D eigenvalue weighted by atomic mass is 9.97. The van der Waals surface area contributed by atoms with Gasteiger partial charge in [0, 0.05) is 19.0 Å². The average molecular weight is 244 g/mol. The Morgan fingerprint density at radius 3 is 2.29 bits per heavy atom. The molecule has 0 spiro atoms. The highest BCUT2D eigenvalue weighted by molar-refractivity contribution is 5.85. The fourth-order valence-electron chi connectivity index (χ4n) is 1.47. The van der Waals surface area contributed by atoms with Gasteiger partial charge in [-0.3, -0.25) is 9.59 Å². The minimum absolute atomic E-state index is 0.0331. The predicted octanol–water partition coefficient (Wildman–Crippen LogP) is 1.22. The van der Waals surface area contributed by atoms with Crippen LogP contribution in [0.15, 0.2) is 0 Å². The van der Waals surface area contributed by atoms with E-state index in [4.69, 9.17) is 10.8 Å². The molecule has 0 radical (unpaired) electrons. The second-order valence-electron chi connectivity index (χ2n) is 4.86. The number of nitrogens with zero attached hydrogens (tertiary/aromatic N) is 1. The minimum Gasteiger partial charge on any atom is -0.481 e. The van der Waals surface area contributed by atoms with Crippen LogP contribution in [0.25, 0.3) is 0 Å². The van der Waals surface area contributed by atoms with E-state index in [1.807, 2.05) is 20.8 Å². The summed E-state index contributed by atoms with van der Waals surface area (Å²) in [5, 5.41) is 8.58. The highest BCUT2D eigenvalue weighted by Gasteiger charge is 2.31. The van der Waals surface area contributed by atoms with Crippen LogP contribution in [0, 0.1) is 0 Å². The molecule has 100 valence electrons. The van der Waals surface area contributed by atoms with E-state index in [1.165, 1.54) is 0 Å². The zero-order valence-corrected chi connectivity index (χ0v) is 11.2. The molecule has 0 aromatic rings. The van der Waals surface area contributed by atoms with E-state index in [1.54, 1.807) is 11.8 Å². The van der Waals surface area contributed by atoms with Gasteiger partial charge in [0.1, 0.15) is 0 Å². The number of hydrogen-bond acceptors (Lipinski definition) is 3. The summed E-state index contributed by atoms with van der Waals surface area (Å²) in [6.07, 6.45) is 1.09. The molecule has 0 fully saturated rings. The van der Waals surface area contributed by atoms with E-state index in [0.29, 0.717) is 19.4 Å². The second kappa shape index (κ2) is 6.59. The Morgan fingerprint density at radius 1 is 1.41 bits per heavy atom. The first-order valence-corrected chi connectivity index (χ1v) is 6.04. The number of carboxylic acid groups (broad SMARTS) is 1. The molecule has 0 aromatic heterocycles. The van der Waals surface area contributed by atoms with Crippen LogP contribution in [0.4, 0.5) is 0 Å². The topological polar surface area (TPSA) is 83.6 Å². The minimum atomic E-state index is -0.868. The van der Waals surface area contributed by atoms with Crippen molar-refractivity contribution in [1.82, 2.24) is 4.90 Å². The van der Waals surface area contributed by atoms with Gasteiger partial charge in [0.05, 0.1) is 5.54 Å². The van der Waals surface area contributed by atoms with Crippen LogP contribution in [0.1, 0.15) is 47.0 Å². The van der Waals surface area contributed by atoms with Crippen molar-refractivity contribution in [2.45, 2.75) is 58.5 Å². The van der Waals surface area contributed by atoms with Crippen molar-refractivity contribution in [2.24, 2.45) is 5.73 Å². The SMILES string of the molecule is CCC(C)(N)C(=O)N(CCCC(=O)O)C(C)C. The van der Waals surface area contributed by atoms with Gasteiger partial charge in [0.15, 0.2) is 0 Å². The lowest BCUT2D eigenvalue weighted by molar-refractivity contribution is -0.140. The zero-order chi connectivity index (χ0) is 13.6. The molecule has 1 amide bonds. The van der Waals surface area contributed by atoms with Crippen LogP contribution in [-0.4, -0.2) is 40.0 Å². The Bertz CT molecular complexity index is 275. The molecule has 0 heterocycles. The number of nitrogens with two attached hydrogens (primary N) is 1. The molecule has 0 aliphatic heterocycles. The van der Waals surface area contributed by atoms with Crippen molar-refractivity contribution >= 4 is 11.9 Å². The highest BCUT2D eigenvalue weighted by Crippen LogP contribution is 2.13. The highest BCUT2D eigenvalue weighted by atomic mass is 16.4. The third-order valence-electron chi connectivity index (χ3n) is 2.90. The number of carbonyl (C=O) groups excluding carboxylic acids is 1. The number of aliphatic carboxylic acids is 1. The number of hydrogen-bond donors (Lipinski definition) is 2. The van der Waals surface area contributed by atoms with Gasteiger partial charge in [-0.05, 0) is 33.6 Å². The lowest BCUT2D eigenvalue weighted by Crippen LogP contribution is -2.55. The van der Waals surface area contributed by atoms with Crippen molar-refractivity contribution in [2.75, 3.05) is 6.54 Å². The van der Waals surface area contributed by atoms with Crippen LogP contribution in [0.5, 0.6) is 0 Å². The van der Waals surface area contributed by atoms with Gasteiger partial charge >= 0.3 is 5.97 Å². The average Bonchev–Trinajstić information content (AvgIpc) is 2.22. The van der Waals surface area contributed by atoms with Gasteiger partial charge in [-0.25, -0.2) is 0 Å². The fraction of sp³-hybridized carbons (Fsp3) is 0.833. The second-order valence-corrected chi connectivity index (χ2v) is 4.86. The summed E-state index contributed by atoms with van der Waals surface area (Å²) in [7, 11) is 0. The van der Waals surface area contributed by atoms with Gasteiger partial charge in [-0.2, -0.15) is 0 Å². The summed E-state index contributed by atoms with van der Waals surface area (Å²) in [5.74, 6) is -0.951. The number of amides is 1. The summed E-state index contributed by atoms with van der Waals surface area (Å²) in [5.41, 5.74) is 5.05. The van der Waals surface area contributed by atoms with E-state index in [9.17, 15) is 9.59 Å². The van der Waals surface area contributed by atoms with Crippen molar-refractivity contribution in [1.29, 1.82) is 0 Å². The maximum Gasteiger partial charge on any atom is 0.303 e. The molecule has 0 saturated heterocycles. The molecule has 17 heavy (non-hydrogen) atoms. The van der Waals surface area contributed by atoms with Crippen LogP contribution in [-0.2, 0) is 9.59 Å². The van der Waals surface area contributed by atoms with E-state index in [0.717, 1.165) is 0 Å². The van der Waals surface area contributed by atoms with Gasteiger partial charge in [0.25, 0.3) is 0 Å². The predicted molar refractivity (Wildman–Crippen MR) is 66.6 cm³/mol. The Balaban J connectivity index is 4.53. The summed E-state index contributed by atoms with van der Waals surface area (Å²) in [4.78, 5) is 24.3. The number of rotatable bonds is 7. The summed E-state index contributed by atoms with van der Waals surface area (Å²) < 4.78 is 0. The van der Waals surface area contributed by atoms with Crippen molar-refractivity contribution in [3.63, 3.8) is 0 Å². The molecule has 0 rings (SSSR count). The van der Waals surface area contributed by atoms with Crippen LogP contribution in [0.3, 0.4) is 0 Å². The number of carbonyl (C=O) groups is 2. The van der Waals surface area contributed by atoms with Crippen LogP contribution in [0.2, 0.25) is 0 Å². The number of carboxylic acids is 1. The van der Waals surface area contributed by atoms with Crippen molar-refractivity contribution in [3.05, 3.63) is 0 Å². The Hall–Kier alpha value is -1.10. The molecule has 3 N–H and O–H groups in total. The smallest absolute Gasteiger partial charge is 0.303 e. The molecule has 0 aliphatic rings. The quantitative estimate of drug-likeness (QED) is 0.705. The zero-order valence-electron chi connectivity index (χ0n) is 11.2. The molecule has 1 atom stereocenters. The van der Waals surface area contributed by atoms with Gasteiger partial charge in [-0.15, -0.1) is 0 Å². The van der Waals surface area contributed by atoms with Crippen molar-refractivity contribution in [3.8, 4) is 0 Å². The first-order chi connectivity index (χ1) is 7.72. The van der Waals surface area contributed by atoms with Gasteiger partial charge in [0.2, 0.25) is 5.91 Å².